The molecule has 1 heterocycles. The van der Waals surface area contributed by atoms with Gasteiger partial charge in [-0.05, 0) is 37.2 Å². The summed E-state index contributed by atoms with van der Waals surface area (Å²) in [5.41, 5.74) is 2.40. The number of nitrogens with zero attached hydrogens (tertiary/aromatic N) is 4. The van der Waals surface area contributed by atoms with Crippen molar-refractivity contribution in [1.82, 2.24) is 20.3 Å². The summed E-state index contributed by atoms with van der Waals surface area (Å²) in [6.45, 7) is 3.83. The van der Waals surface area contributed by atoms with Gasteiger partial charge in [0.2, 0.25) is 0 Å². The average molecular weight is 241 g/mol. The van der Waals surface area contributed by atoms with Crippen molar-refractivity contribution in [2.24, 2.45) is 0 Å². The van der Waals surface area contributed by atoms with Gasteiger partial charge in [-0.25, -0.2) is 0 Å². The highest BCUT2D eigenvalue weighted by Gasteiger charge is 2.02. The van der Waals surface area contributed by atoms with E-state index >= 15 is 0 Å². The standard InChI is InChI=1S/C13H15N5/c1-2-7-15-9-12-10-16-18(17-12)13-5-3-11(8-14)4-6-13/h3-6,10,15H,2,7,9H2,1H3. The number of rotatable bonds is 5. The van der Waals surface area contributed by atoms with Crippen molar-refractivity contribution >= 4 is 0 Å². The fourth-order valence-electron chi connectivity index (χ4n) is 1.56. The van der Waals surface area contributed by atoms with Gasteiger partial charge in [-0.2, -0.15) is 20.3 Å². The molecule has 0 aliphatic heterocycles. The molecule has 1 aromatic carbocycles. The molecule has 0 amide bonds. The van der Waals surface area contributed by atoms with E-state index in [0.29, 0.717) is 5.56 Å². The van der Waals surface area contributed by atoms with Crippen LogP contribution in [-0.4, -0.2) is 21.5 Å². The molecule has 18 heavy (non-hydrogen) atoms. The van der Waals surface area contributed by atoms with Crippen molar-refractivity contribution in [3.63, 3.8) is 0 Å². The maximum absolute atomic E-state index is 8.73. The summed E-state index contributed by atoms with van der Waals surface area (Å²) in [5, 5.41) is 20.6. The van der Waals surface area contributed by atoms with E-state index in [1.165, 1.54) is 0 Å². The minimum Gasteiger partial charge on any atom is -0.311 e. The highest BCUT2D eigenvalue weighted by atomic mass is 15.5. The Labute approximate surface area is 106 Å². The Balaban J connectivity index is 2.06. The van der Waals surface area contributed by atoms with Crippen LogP contribution in [0, 0.1) is 11.3 Å². The maximum Gasteiger partial charge on any atom is 0.0991 e. The fourth-order valence-corrected chi connectivity index (χ4v) is 1.56. The Morgan fingerprint density at radius 1 is 1.33 bits per heavy atom. The zero-order valence-electron chi connectivity index (χ0n) is 10.3. The lowest BCUT2D eigenvalue weighted by Crippen LogP contribution is -2.14. The Morgan fingerprint density at radius 3 is 2.78 bits per heavy atom. The summed E-state index contributed by atoms with van der Waals surface area (Å²) in [4.78, 5) is 1.57. The highest BCUT2D eigenvalue weighted by molar-refractivity contribution is 5.37. The van der Waals surface area contributed by atoms with Gasteiger partial charge in [-0.1, -0.05) is 6.92 Å². The molecule has 2 rings (SSSR count). The van der Waals surface area contributed by atoms with E-state index in [9.17, 15) is 0 Å². The van der Waals surface area contributed by atoms with E-state index < -0.39 is 0 Å². The Hall–Kier alpha value is -2.19. The zero-order valence-corrected chi connectivity index (χ0v) is 10.3. The minimum absolute atomic E-state index is 0.635. The van der Waals surface area contributed by atoms with Gasteiger partial charge in [0.15, 0.2) is 0 Å². The first kappa shape index (κ1) is 12.3. The van der Waals surface area contributed by atoms with Crippen LogP contribution in [-0.2, 0) is 6.54 Å². The monoisotopic (exact) mass is 241 g/mol. The van der Waals surface area contributed by atoms with Crippen molar-refractivity contribution in [2.45, 2.75) is 19.9 Å². The molecule has 2 aromatic rings. The van der Waals surface area contributed by atoms with Gasteiger partial charge in [-0.15, -0.1) is 0 Å². The van der Waals surface area contributed by atoms with Crippen molar-refractivity contribution in [3.05, 3.63) is 41.7 Å². The molecule has 0 bridgehead atoms. The Morgan fingerprint density at radius 2 is 2.11 bits per heavy atom. The maximum atomic E-state index is 8.73. The Kier molecular flexibility index (Phi) is 4.05. The third kappa shape index (κ3) is 2.93. The summed E-state index contributed by atoms with van der Waals surface area (Å²) >= 11 is 0. The van der Waals surface area contributed by atoms with E-state index in [1.54, 1.807) is 23.1 Å². The third-order valence-electron chi connectivity index (χ3n) is 2.50. The first-order valence-corrected chi connectivity index (χ1v) is 5.96. The van der Waals surface area contributed by atoms with Gasteiger partial charge in [0.1, 0.15) is 0 Å². The average Bonchev–Trinajstić information content (AvgIpc) is 2.88. The van der Waals surface area contributed by atoms with Crippen molar-refractivity contribution in [2.75, 3.05) is 6.54 Å². The molecule has 0 spiro atoms. The normalized spacial score (nSPS) is 10.2. The van der Waals surface area contributed by atoms with Gasteiger partial charge in [0.05, 0.1) is 29.2 Å². The highest BCUT2D eigenvalue weighted by Crippen LogP contribution is 2.07. The van der Waals surface area contributed by atoms with Crippen molar-refractivity contribution < 1.29 is 0 Å². The predicted molar refractivity (Wildman–Crippen MR) is 68.1 cm³/mol. The molecule has 0 saturated heterocycles. The molecule has 0 atom stereocenters. The molecule has 0 fully saturated rings. The smallest absolute Gasteiger partial charge is 0.0991 e. The van der Waals surface area contributed by atoms with Crippen LogP contribution in [0.2, 0.25) is 0 Å². The Bertz CT molecular complexity index is 535. The largest absolute Gasteiger partial charge is 0.311 e. The molecule has 0 saturated carbocycles. The van der Waals surface area contributed by atoms with Crippen LogP contribution in [0.5, 0.6) is 0 Å². The second kappa shape index (κ2) is 5.94. The second-order valence-electron chi connectivity index (χ2n) is 3.96. The van der Waals surface area contributed by atoms with Gasteiger partial charge in [-0.3, -0.25) is 0 Å². The summed E-state index contributed by atoms with van der Waals surface area (Å²) in [6, 6.07) is 9.27. The number of hydrogen-bond acceptors (Lipinski definition) is 4. The van der Waals surface area contributed by atoms with Gasteiger partial charge < -0.3 is 5.32 Å². The topological polar surface area (TPSA) is 66.5 Å². The molecule has 0 radical (unpaired) electrons. The first-order chi connectivity index (χ1) is 8.83. The lowest BCUT2D eigenvalue weighted by Gasteiger charge is -1.99. The molecule has 0 unspecified atom stereocenters. The third-order valence-corrected chi connectivity index (χ3v) is 2.50. The fraction of sp³-hybridized carbons (Fsp3) is 0.308. The predicted octanol–water partition coefficient (Wildman–Crippen LogP) is 1.64. The second-order valence-corrected chi connectivity index (χ2v) is 3.96. The molecular weight excluding hydrogens is 226 g/mol. The van der Waals surface area contributed by atoms with Crippen LogP contribution in [0.4, 0.5) is 0 Å². The van der Waals surface area contributed by atoms with Gasteiger partial charge >= 0.3 is 0 Å². The SMILES string of the molecule is CCCNCc1cnn(-c2ccc(C#N)cc2)n1. The molecule has 0 aliphatic carbocycles. The van der Waals surface area contributed by atoms with Crippen LogP contribution >= 0.6 is 0 Å². The quantitative estimate of drug-likeness (QED) is 0.808. The summed E-state index contributed by atoms with van der Waals surface area (Å²) in [6.07, 6.45) is 2.85. The first-order valence-electron chi connectivity index (χ1n) is 5.96. The summed E-state index contributed by atoms with van der Waals surface area (Å²) in [7, 11) is 0. The van der Waals surface area contributed by atoms with Gasteiger partial charge in [0.25, 0.3) is 0 Å². The van der Waals surface area contributed by atoms with Crippen LogP contribution < -0.4 is 5.32 Å². The van der Waals surface area contributed by atoms with E-state index in [2.05, 4.69) is 28.5 Å². The van der Waals surface area contributed by atoms with Gasteiger partial charge in [0, 0.05) is 6.54 Å². The van der Waals surface area contributed by atoms with Crippen LogP contribution in [0.1, 0.15) is 24.6 Å². The number of nitrogens with one attached hydrogen (secondary N) is 1. The lowest BCUT2D eigenvalue weighted by atomic mass is 10.2. The van der Waals surface area contributed by atoms with Crippen LogP contribution in [0.25, 0.3) is 5.69 Å². The van der Waals surface area contributed by atoms with E-state index in [4.69, 9.17) is 5.26 Å². The van der Waals surface area contributed by atoms with E-state index in [-0.39, 0.29) is 0 Å². The number of benzene rings is 1. The molecule has 5 nitrogen and oxygen atoms in total. The van der Waals surface area contributed by atoms with Crippen molar-refractivity contribution in [3.8, 4) is 11.8 Å². The minimum atomic E-state index is 0.635. The number of hydrogen-bond donors (Lipinski definition) is 1. The number of aromatic nitrogens is 3. The molecule has 1 aromatic heterocycles. The van der Waals surface area contributed by atoms with E-state index in [0.717, 1.165) is 30.9 Å². The summed E-state index contributed by atoms with van der Waals surface area (Å²) in [5.74, 6) is 0. The molecule has 92 valence electrons. The molecule has 1 N–H and O–H groups in total. The van der Waals surface area contributed by atoms with E-state index in [1.807, 2.05) is 12.1 Å². The zero-order chi connectivity index (χ0) is 12.8. The molecular formula is C13H15N5. The van der Waals surface area contributed by atoms with Crippen molar-refractivity contribution in [1.29, 1.82) is 5.26 Å². The van der Waals surface area contributed by atoms with Crippen LogP contribution in [0.15, 0.2) is 30.5 Å². The molecule has 5 heteroatoms. The van der Waals surface area contributed by atoms with Crippen LogP contribution in [0.3, 0.4) is 0 Å². The number of nitriles is 1. The molecule has 0 aliphatic rings. The summed E-state index contributed by atoms with van der Waals surface area (Å²) < 4.78 is 0. The lowest BCUT2D eigenvalue weighted by molar-refractivity contribution is 0.651.